The maximum Gasteiger partial charge on any atom is 0.310 e. The summed E-state index contributed by atoms with van der Waals surface area (Å²) in [5.74, 6) is -0.649. The molecule has 0 unspecified atom stereocenters. The van der Waals surface area contributed by atoms with E-state index < -0.39 is 11.4 Å². The molecule has 1 aromatic rings. The molecule has 98 valence electrons. The highest BCUT2D eigenvalue weighted by molar-refractivity contribution is 5.75. The van der Waals surface area contributed by atoms with Crippen LogP contribution < -0.4 is 5.32 Å². The van der Waals surface area contributed by atoms with Gasteiger partial charge >= 0.3 is 5.97 Å². The molecular weight excluding hydrogens is 226 g/mol. The fourth-order valence-corrected chi connectivity index (χ4v) is 2.66. The molecule has 1 heterocycles. The van der Waals surface area contributed by atoms with Crippen molar-refractivity contribution in [1.29, 1.82) is 0 Å². The van der Waals surface area contributed by atoms with E-state index in [0.29, 0.717) is 6.42 Å². The molecule has 1 saturated heterocycles. The van der Waals surface area contributed by atoms with Crippen molar-refractivity contribution in [2.24, 2.45) is 5.41 Å². The zero-order chi connectivity index (χ0) is 13.0. The lowest BCUT2D eigenvalue weighted by Crippen LogP contribution is -2.43. The van der Waals surface area contributed by atoms with Crippen molar-refractivity contribution in [3.05, 3.63) is 35.4 Å². The first-order valence-corrected chi connectivity index (χ1v) is 6.68. The number of benzene rings is 1. The van der Waals surface area contributed by atoms with E-state index in [1.54, 1.807) is 0 Å². The molecule has 0 saturated carbocycles. The number of hydrogen-bond donors (Lipinski definition) is 2. The highest BCUT2D eigenvalue weighted by Gasteiger charge is 2.39. The monoisotopic (exact) mass is 247 g/mol. The van der Waals surface area contributed by atoms with E-state index in [9.17, 15) is 9.90 Å². The Labute approximate surface area is 108 Å². The first-order valence-electron chi connectivity index (χ1n) is 6.68. The molecule has 2 rings (SSSR count). The Morgan fingerprint density at radius 3 is 2.28 bits per heavy atom. The number of nitrogens with one attached hydrogen (secondary N) is 1. The predicted octanol–water partition coefficient (Wildman–Crippen LogP) is 2.25. The van der Waals surface area contributed by atoms with E-state index in [2.05, 4.69) is 36.5 Å². The minimum Gasteiger partial charge on any atom is -0.481 e. The van der Waals surface area contributed by atoms with Crippen LogP contribution in [0.5, 0.6) is 0 Å². The molecule has 1 fully saturated rings. The molecular formula is C15H21NO2. The van der Waals surface area contributed by atoms with Gasteiger partial charge in [-0.2, -0.15) is 0 Å². The molecule has 1 aromatic carbocycles. The van der Waals surface area contributed by atoms with Gasteiger partial charge in [-0.25, -0.2) is 0 Å². The molecule has 3 heteroatoms. The summed E-state index contributed by atoms with van der Waals surface area (Å²) in [4.78, 5) is 11.6. The number of aliphatic carboxylic acids is 1. The number of carboxylic acids is 1. The average molecular weight is 247 g/mol. The molecule has 2 N–H and O–H groups in total. The third-order valence-electron chi connectivity index (χ3n) is 3.99. The SMILES string of the molecule is CCc1ccc(CC2(C(=O)O)CCNCC2)cc1. The summed E-state index contributed by atoms with van der Waals surface area (Å²) < 4.78 is 0. The Morgan fingerprint density at radius 1 is 1.22 bits per heavy atom. The topological polar surface area (TPSA) is 49.3 Å². The smallest absolute Gasteiger partial charge is 0.310 e. The van der Waals surface area contributed by atoms with Crippen LogP contribution in [-0.4, -0.2) is 24.2 Å². The highest BCUT2D eigenvalue weighted by atomic mass is 16.4. The molecule has 1 aliphatic rings. The largest absolute Gasteiger partial charge is 0.481 e. The lowest BCUT2D eigenvalue weighted by molar-refractivity contribution is -0.150. The van der Waals surface area contributed by atoms with Crippen LogP contribution in [0.4, 0.5) is 0 Å². The Kier molecular flexibility index (Phi) is 4.02. The molecule has 0 atom stereocenters. The Bertz CT molecular complexity index is 405. The summed E-state index contributed by atoms with van der Waals surface area (Å²) in [7, 11) is 0. The van der Waals surface area contributed by atoms with E-state index in [4.69, 9.17) is 0 Å². The van der Waals surface area contributed by atoms with Gasteiger partial charge < -0.3 is 10.4 Å². The molecule has 3 nitrogen and oxygen atoms in total. The second kappa shape index (κ2) is 5.53. The van der Waals surface area contributed by atoms with E-state index in [0.717, 1.165) is 37.9 Å². The molecule has 0 aromatic heterocycles. The maximum atomic E-state index is 11.6. The van der Waals surface area contributed by atoms with Crippen LogP contribution in [0.3, 0.4) is 0 Å². The molecule has 0 bridgehead atoms. The number of carboxylic acid groups (broad SMARTS) is 1. The van der Waals surface area contributed by atoms with Gasteiger partial charge in [0.05, 0.1) is 5.41 Å². The second-order valence-corrected chi connectivity index (χ2v) is 5.18. The fraction of sp³-hybridized carbons (Fsp3) is 0.533. The van der Waals surface area contributed by atoms with Crippen molar-refractivity contribution in [2.75, 3.05) is 13.1 Å². The van der Waals surface area contributed by atoms with Crippen LogP contribution >= 0.6 is 0 Å². The van der Waals surface area contributed by atoms with Gasteiger partial charge in [-0.3, -0.25) is 4.79 Å². The predicted molar refractivity (Wildman–Crippen MR) is 71.7 cm³/mol. The van der Waals surface area contributed by atoms with Gasteiger partial charge in [0, 0.05) is 0 Å². The van der Waals surface area contributed by atoms with Crippen molar-refractivity contribution in [3.8, 4) is 0 Å². The van der Waals surface area contributed by atoms with Gasteiger partial charge in [0.2, 0.25) is 0 Å². The quantitative estimate of drug-likeness (QED) is 0.858. The minimum atomic E-state index is -0.649. The normalized spacial score (nSPS) is 18.5. The van der Waals surface area contributed by atoms with Gasteiger partial charge in [-0.05, 0) is 49.9 Å². The zero-order valence-corrected chi connectivity index (χ0v) is 10.9. The standard InChI is InChI=1S/C15H21NO2/c1-2-12-3-5-13(6-4-12)11-15(14(17)18)7-9-16-10-8-15/h3-6,16H,2,7-11H2,1H3,(H,17,18). The maximum absolute atomic E-state index is 11.6. The van der Waals surface area contributed by atoms with E-state index in [-0.39, 0.29) is 0 Å². The Balaban J connectivity index is 2.15. The van der Waals surface area contributed by atoms with Crippen molar-refractivity contribution >= 4 is 5.97 Å². The second-order valence-electron chi connectivity index (χ2n) is 5.18. The van der Waals surface area contributed by atoms with Crippen molar-refractivity contribution < 1.29 is 9.90 Å². The fourth-order valence-electron chi connectivity index (χ4n) is 2.66. The van der Waals surface area contributed by atoms with Gasteiger partial charge in [0.1, 0.15) is 0 Å². The van der Waals surface area contributed by atoms with Crippen LogP contribution in [0, 0.1) is 5.41 Å². The first-order chi connectivity index (χ1) is 8.66. The number of carbonyl (C=O) groups is 1. The summed E-state index contributed by atoms with van der Waals surface area (Å²) >= 11 is 0. The number of hydrogen-bond acceptors (Lipinski definition) is 2. The molecule has 0 amide bonds. The third-order valence-corrected chi connectivity index (χ3v) is 3.99. The molecule has 18 heavy (non-hydrogen) atoms. The van der Waals surface area contributed by atoms with Crippen molar-refractivity contribution in [2.45, 2.75) is 32.6 Å². The van der Waals surface area contributed by atoms with Crippen molar-refractivity contribution in [3.63, 3.8) is 0 Å². The van der Waals surface area contributed by atoms with Gasteiger partial charge in [0.25, 0.3) is 0 Å². The van der Waals surface area contributed by atoms with Crippen molar-refractivity contribution in [1.82, 2.24) is 5.32 Å². The molecule has 0 radical (unpaired) electrons. The summed E-state index contributed by atoms with van der Waals surface area (Å²) in [5.41, 5.74) is 1.86. The van der Waals surface area contributed by atoms with Crippen LogP contribution in [0.1, 0.15) is 30.9 Å². The minimum absolute atomic E-state index is 0.570. The van der Waals surface area contributed by atoms with Gasteiger partial charge in [-0.1, -0.05) is 31.2 Å². The third kappa shape index (κ3) is 2.72. The molecule has 1 aliphatic heterocycles. The molecule has 0 aliphatic carbocycles. The lowest BCUT2D eigenvalue weighted by Gasteiger charge is -2.33. The molecule has 0 spiro atoms. The summed E-state index contributed by atoms with van der Waals surface area (Å²) in [6.45, 7) is 3.74. The average Bonchev–Trinajstić information content (AvgIpc) is 2.40. The van der Waals surface area contributed by atoms with E-state index in [1.165, 1.54) is 5.56 Å². The lowest BCUT2D eigenvalue weighted by atomic mass is 9.74. The summed E-state index contributed by atoms with van der Waals surface area (Å²) in [5, 5.41) is 12.8. The number of rotatable bonds is 4. The van der Waals surface area contributed by atoms with Crippen LogP contribution in [0.15, 0.2) is 24.3 Å². The van der Waals surface area contributed by atoms with E-state index in [1.807, 2.05) is 0 Å². The Hall–Kier alpha value is -1.35. The first kappa shape index (κ1) is 13.1. The zero-order valence-electron chi connectivity index (χ0n) is 10.9. The van der Waals surface area contributed by atoms with Gasteiger partial charge in [-0.15, -0.1) is 0 Å². The van der Waals surface area contributed by atoms with Gasteiger partial charge in [0.15, 0.2) is 0 Å². The van der Waals surface area contributed by atoms with Crippen LogP contribution in [0.25, 0.3) is 0 Å². The number of aryl methyl sites for hydroxylation is 1. The summed E-state index contributed by atoms with van der Waals surface area (Å²) in [6, 6.07) is 8.36. The summed E-state index contributed by atoms with van der Waals surface area (Å²) in [6.07, 6.45) is 3.11. The number of piperidine rings is 1. The van der Waals surface area contributed by atoms with E-state index >= 15 is 0 Å². The Morgan fingerprint density at radius 2 is 1.78 bits per heavy atom. The highest BCUT2D eigenvalue weighted by Crippen LogP contribution is 2.33. The van der Waals surface area contributed by atoms with Crippen LogP contribution in [0.2, 0.25) is 0 Å². The van der Waals surface area contributed by atoms with Crippen LogP contribution in [-0.2, 0) is 17.6 Å².